The van der Waals surface area contributed by atoms with Gasteiger partial charge >= 0.3 is 0 Å². The van der Waals surface area contributed by atoms with Crippen molar-refractivity contribution >= 4 is 23.2 Å². The van der Waals surface area contributed by atoms with Gasteiger partial charge in [0.2, 0.25) is 0 Å². The molecular formula is C11H9Cl2NO. The van der Waals surface area contributed by atoms with E-state index in [9.17, 15) is 0 Å². The fourth-order valence-corrected chi connectivity index (χ4v) is 1.59. The average molecular weight is 242 g/mol. The maximum absolute atomic E-state index is 5.91. The molecule has 0 aliphatic rings. The number of rotatable bonds is 2. The Kier molecular flexibility index (Phi) is 3.00. The fourth-order valence-electron chi connectivity index (χ4n) is 1.29. The van der Waals surface area contributed by atoms with E-state index in [-0.39, 0.29) is 0 Å². The van der Waals surface area contributed by atoms with E-state index < -0.39 is 0 Å². The Labute approximate surface area is 97.6 Å². The molecule has 4 heteroatoms. The van der Waals surface area contributed by atoms with Crippen molar-refractivity contribution in [2.45, 2.75) is 6.54 Å². The molecule has 0 aliphatic carbocycles. The topological polar surface area (TPSA) is 39.2 Å². The maximum atomic E-state index is 5.91. The van der Waals surface area contributed by atoms with Crippen LogP contribution in [0.2, 0.25) is 10.0 Å². The highest BCUT2D eigenvalue weighted by atomic mass is 35.5. The van der Waals surface area contributed by atoms with Crippen LogP contribution in [-0.4, -0.2) is 0 Å². The quantitative estimate of drug-likeness (QED) is 0.871. The van der Waals surface area contributed by atoms with Crippen LogP contribution in [0.15, 0.2) is 34.7 Å². The third-order valence-corrected chi connectivity index (χ3v) is 2.81. The lowest BCUT2D eigenvalue weighted by atomic mass is 10.2. The van der Waals surface area contributed by atoms with Gasteiger partial charge in [-0.25, -0.2) is 0 Å². The molecule has 1 aromatic heterocycles. The number of hydrogen-bond acceptors (Lipinski definition) is 2. The Balaban J connectivity index is 2.40. The van der Waals surface area contributed by atoms with Crippen LogP contribution in [0.4, 0.5) is 0 Å². The number of halogens is 2. The summed E-state index contributed by atoms with van der Waals surface area (Å²) in [6.07, 6.45) is 0. The highest BCUT2D eigenvalue weighted by Gasteiger charge is 2.05. The minimum Gasteiger partial charge on any atom is -0.460 e. The molecule has 2 aromatic rings. The second-order valence-electron chi connectivity index (χ2n) is 3.10. The molecule has 2 N–H and O–H groups in total. The first-order chi connectivity index (χ1) is 7.20. The van der Waals surface area contributed by atoms with Crippen LogP contribution in [0.25, 0.3) is 11.3 Å². The van der Waals surface area contributed by atoms with Crippen LogP contribution in [0.1, 0.15) is 5.76 Å². The van der Waals surface area contributed by atoms with Gasteiger partial charge in [-0.1, -0.05) is 23.2 Å². The van der Waals surface area contributed by atoms with Crippen molar-refractivity contribution in [3.05, 3.63) is 46.1 Å². The number of furan rings is 1. The van der Waals surface area contributed by atoms with E-state index in [1.165, 1.54) is 0 Å². The molecule has 1 aromatic carbocycles. The molecule has 78 valence electrons. The first kappa shape index (κ1) is 10.6. The van der Waals surface area contributed by atoms with Crippen molar-refractivity contribution in [1.29, 1.82) is 0 Å². The molecule has 0 spiro atoms. The van der Waals surface area contributed by atoms with Gasteiger partial charge in [-0.3, -0.25) is 0 Å². The minimum absolute atomic E-state index is 0.390. The monoisotopic (exact) mass is 241 g/mol. The molecule has 0 fully saturated rings. The molecule has 0 atom stereocenters. The zero-order valence-electron chi connectivity index (χ0n) is 7.84. The van der Waals surface area contributed by atoms with Crippen LogP contribution < -0.4 is 5.73 Å². The molecule has 2 nitrogen and oxygen atoms in total. The molecule has 0 bridgehead atoms. The molecule has 15 heavy (non-hydrogen) atoms. The molecule has 1 heterocycles. The van der Waals surface area contributed by atoms with Crippen molar-refractivity contribution in [2.75, 3.05) is 0 Å². The van der Waals surface area contributed by atoms with E-state index in [4.69, 9.17) is 33.4 Å². The highest BCUT2D eigenvalue weighted by molar-refractivity contribution is 6.42. The lowest BCUT2D eigenvalue weighted by Gasteiger charge is -1.99. The predicted octanol–water partition coefficient (Wildman–Crippen LogP) is 3.71. The van der Waals surface area contributed by atoms with Gasteiger partial charge in [0, 0.05) is 5.56 Å². The van der Waals surface area contributed by atoms with Crippen molar-refractivity contribution in [3.63, 3.8) is 0 Å². The number of nitrogens with two attached hydrogens (primary N) is 1. The van der Waals surface area contributed by atoms with E-state index >= 15 is 0 Å². The second-order valence-corrected chi connectivity index (χ2v) is 3.91. The van der Waals surface area contributed by atoms with Gasteiger partial charge in [-0.05, 0) is 30.3 Å². The zero-order chi connectivity index (χ0) is 10.8. The Hall–Kier alpha value is -0.960. The highest BCUT2D eigenvalue weighted by Crippen LogP contribution is 2.29. The van der Waals surface area contributed by atoms with Gasteiger partial charge in [-0.15, -0.1) is 0 Å². The summed E-state index contributed by atoms with van der Waals surface area (Å²) in [4.78, 5) is 0. The Bertz CT molecular complexity index is 479. The van der Waals surface area contributed by atoms with Crippen LogP contribution in [-0.2, 0) is 6.54 Å². The van der Waals surface area contributed by atoms with Crippen molar-refractivity contribution in [2.24, 2.45) is 5.73 Å². The summed E-state index contributed by atoms with van der Waals surface area (Å²) in [5.41, 5.74) is 6.35. The normalized spacial score (nSPS) is 10.6. The summed E-state index contributed by atoms with van der Waals surface area (Å²) < 4.78 is 5.49. The molecule has 0 amide bonds. The van der Waals surface area contributed by atoms with Crippen LogP contribution >= 0.6 is 23.2 Å². The molecule has 0 aliphatic heterocycles. The largest absolute Gasteiger partial charge is 0.460 e. The van der Waals surface area contributed by atoms with Gasteiger partial charge < -0.3 is 10.2 Å². The third-order valence-electron chi connectivity index (χ3n) is 2.07. The van der Waals surface area contributed by atoms with Gasteiger partial charge in [0.25, 0.3) is 0 Å². The van der Waals surface area contributed by atoms with Crippen LogP contribution in [0.5, 0.6) is 0 Å². The Morgan fingerprint density at radius 1 is 1.07 bits per heavy atom. The Morgan fingerprint density at radius 3 is 2.47 bits per heavy atom. The van der Waals surface area contributed by atoms with Crippen molar-refractivity contribution in [1.82, 2.24) is 0 Å². The van der Waals surface area contributed by atoms with Crippen LogP contribution in [0, 0.1) is 0 Å². The van der Waals surface area contributed by atoms with E-state index in [1.807, 2.05) is 18.2 Å². The first-order valence-corrected chi connectivity index (χ1v) is 5.20. The van der Waals surface area contributed by atoms with Gasteiger partial charge in [0.05, 0.1) is 16.6 Å². The molecular weight excluding hydrogens is 233 g/mol. The average Bonchev–Trinajstić information content (AvgIpc) is 2.70. The fraction of sp³-hybridized carbons (Fsp3) is 0.0909. The zero-order valence-corrected chi connectivity index (χ0v) is 9.35. The molecule has 0 unspecified atom stereocenters. The summed E-state index contributed by atoms with van der Waals surface area (Å²) in [5, 5.41) is 1.05. The predicted molar refractivity (Wildman–Crippen MR) is 62.1 cm³/mol. The van der Waals surface area contributed by atoms with Gasteiger partial charge in [0.1, 0.15) is 11.5 Å². The Morgan fingerprint density at radius 2 is 1.87 bits per heavy atom. The van der Waals surface area contributed by atoms with E-state index in [0.29, 0.717) is 16.6 Å². The summed E-state index contributed by atoms with van der Waals surface area (Å²) in [6.45, 7) is 0.390. The van der Waals surface area contributed by atoms with Gasteiger partial charge in [-0.2, -0.15) is 0 Å². The lowest BCUT2D eigenvalue weighted by molar-refractivity contribution is 0.525. The molecule has 0 saturated heterocycles. The second kappa shape index (κ2) is 4.27. The maximum Gasteiger partial charge on any atom is 0.134 e. The lowest BCUT2D eigenvalue weighted by Crippen LogP contribution is -1.92. The van der Waals surface area contributed by atoms with E-state index in [0.717, 1.165) is 17.1 Å². The number of hydrogen-bond donors (Lipinski definition) is 1. The molecule has 0 saturated carbocycles. The minimum atomic E-state index is 0.390. The standard InChI is InChI=1S/C11H9Cl2NO/c12-9-3-1-7(5-10(9)13)11-4-2-8(6-14)15-11/h1-5H,6,14H2. The van der Waals surface area contributed by atoms with Crippen molar-refractivity contribution in [3.8, 4) is 11.3 Å². The summed E-state index contributed by atoms with van der Waals surface area (Å²) >= 11 is 11.7. The van der Waals surface area contributed by atoms with Crippen LogP contribution in [0.3, 0.4) is 0 Å². The SMILES string of the molecule is NCc1ccc(-c2ccc(Cl)c(Cl)c2)o1. The smallest absolute Gasteiger partial charge is 0.134 e. The summed E-state index contributed by atoms with van der Waals surface area (Å²) in [5.74, 6) is 1.49. The van der Waals surface area contributed by atoms with Gasteiger partial charge in [0.15, 0.2) is 0 Å². The summed E-state index contributed by atoms with van der Waals surface area (Å²) in [6, 6.07) is 9.07. The molecule has 2 rings (SSSR count). The van der Waals surface area contributed by atoms with Crippen molar-refractivity contribution < 1.29 is 4.42 Å². The van der Waals surface area contributed by atoms with E-state index in [1.54, 1.807) is 12.1 Å². The third kappa shape index (κ3) is 2.17. The molecule has 0 radical (unpaired) electrons. The number of benzene rings is 1. The summed E-state index contributed by atoms with van der Waals surface area (Å²) in [7, 11) is 0. The van der Waals surface area contributed by atoms with E-state index in [2.05, 4.69) is 0 Å². The first-order valence-electron chi connectivity index (χ1n) is 4.45.